The molecule has 2 aromatic carbocycles. The van der Waals surface area contributed by atoms with Gasteiger partial charge in [-0.2, -0.15) is 21.6 Å². The van der Waals surface area contributed by atoms with Crippen LogP contribution in [0.5, 0.6) is 5.75 Å². The molecular formula is C21H23ClF3NO6S. The molecule has 0 saturated carbocycles. The van der Waals surface area contributed by atoms with Crippen molar-refractivity contribution in [2.45, 2.75) is 43.5 Å². The van der Waals surface area contributed by atoms with E-state index in [0.29, 0.717) is 11.6 Å². The number of likely N-dealkylation sites (N-methyl/N-ethyl adjacent to an activating group) is 1. The van der Waals surface area contributed by atoms with E-state index in [2.05, 4.69) is 0 Å². The third-order valence-corrected chi connectivity index (χ3v) is 5.73. The Morgan fingerprint density at radius 3 is 2.21 bits per heavy atom. The van der Waals surface area contributed by atoms with E-state index in [0.717, 1.165) is 12.1 Å². The minimum absolute atomic E-state index is 0.0988. The highest BCUT2D eigenvalue weighted by Crippen LogP contribution is 2.36. The lowest BCUT2D eigenvalue weighted by Crippen LogP contribution is -2.36. The van der Waals surface area contributed by atoms with E-state index in [1.807, 2.05) is 0 Å². The largest absolute Gasteiger partial charge is 0.444 e. The van der Waals surface area contributed by atoms with Gasteiger partial charge in [0.25, 0.3) is 0 Å². The second-order valence-electron chi connectivity index (χ2n) is 8.12. The zero-order chi connectivity index (χ0) is 25.2. The number of ether oxygens (including phenoxy) is 1. The van der Waals surface area contributed by atoms with Gasteiger partial charge in [-0.25, -0.2) is 4.79 Å². The molecule has 0 fully saturated rings. The van der Waals surface area contributed by atoms with Gasteiger partial charge < -0.3 is 18.9 Å². The summed E-state index contributed by atoms with van der Waals surface area (Å²) in [5, 5.41) is 9.70. The maximum Gasteiger partial charge on any atom is 0.417 e. The summed E-state index contributed by atoms with van der Waals surface area (Å²) in [6.07, 6.45) is -6.58. The van der Waals surface area contributed by atoms with Gasteiger partial charge in [-0.05, 0) is 56.7 Å². The molecule has 182 valence electrons. The third kappa shape index (κ3) is 7.51. The maximum atomic E-state index is 13.0. The monoisotopic (exact) mass is 509 g/mol. The molecule has 1 unspecified atom stereocenters. The van der Waals surface area contributed by atoms with Crippen molar-refractivity contribution < 1.29 is 40.4 Å². The molecule has 0 aromatic heterocycles. The van der Waals surface area contributed by atoms with Crippen LogP contribution in [0.2, 0.25) is 5.02 Å². The number of carbonyl (C=O) groups is 1. The molecule has 1 N–H and O–H groups in total. The van der Waals surface area contributed by atoms with Gasteiger partial charge in [-0.3, -0.25) is 0 Å². The Labute approximate surface area is 194 Å². The first-order valence-corrected chi connectivity index (χ1v) is 11.3. The highest BCUT2D eigenvalue weighted by molar-refractivity contribution is 7.87. The molecular weight excluding hydrogens is 487 g/mol. The number of halogens is 4. The Hall–Kier alpha value is -2.50. The van der Waals surface area contributed by atoms with E-state index in [1.165, 1.54) is 36.2 Å². The van der Waals surface area contributed by atoms with Crippen molar-refractivity contribution in [3.05, 3.63) is 58.6 Å². The van der Waals surface area contributed by atoms with E-state index < -0.39 is 49.6 Å². The van der Waals surface area contributed by atoms with Crippen molar-refractivity contribution in [1.82, 2.24) is 4.90 Å². The lowest BCUT2D eigenvalue weighted by molar-refractivity contribution is -0.137. The Balaban J connectivity index is 2.12. The minimum Gasteiger partial charge on any atom is -0.444 e. The first-order valence-electron chi connectivity index (χ1n) is 9.53. The number of aliphatic hydroxyl groups is 1. The van der Waals surface area contributed by atoms with Crippen LogP contribution in [-0.2, 0) is 21.0 Å². The van der Waals surface area contributed by atoms with Gasteiger partial charge in [0.1, 0.15) is 16.2 Å². The van der Waals surface area contributed by atoms with E-state index in [1.54, 1.807) is 20.8 Å². The van der Waals surface area contributed by atoms with Crippen LogP contribution in [0.3, 0.4) is 0 Å². The summed E-state index contributed by atoms with van der Waals surface area (Å²) < 4.78 is 73.9. The second-order valence-corrected chi connectivity index (χ2v) is 10.1. The number of carbonyl (C=O) groups excluding carboxylic acids is 1. The van der Waals surface area contributed by atoms with Crippen molar-refractivity contribution in [1.29, 1.82) is 0 Å². The minimum atomic E-state index is -4.84. The molecule has 0 aliphatic heterocycles. The Bertz CT molecular complexity index is 1100. The summed E-state index contributed by atoms with van der Waals surface area (Å²) in [6, 6.07) is 7.29. The third-order valence-electron chi connectivity index (χ3n) is 4.15. The quantitative estimate of drug-likeness (QED) is 0.549. The van der Waals surface area contributed by atoms with Crippen LogP contribution in [0.15, 0.2) is 47.4 Å². The molecule has 0 saturated heterocycles. The Morgan fingerprint density at radius 2 is 1.70 bits per heavy atom. The van der Waals surface area contributed by atoms with E-state index in [-0.39, 0.29) is 12.3 Å². The fourth-order valence-electron chi connectivity index (χ4n) is 2.58. The van der Waals surface area contributed by atoms with Gasteiger partial charge >= 0.3 is 22.4 Å². The average Bonchev–Trinajstić information content (AvgIpc) is 2.66. The molecule has 0 aliphatic carbocycles. The van der Waals surface area contributed by atoms with E-state index >= 15 is 0 Å². The van der Waals surface area contributed by atoms with Crippen molar-refractivity contribution in [2.75, 3.05) is 13.6 Å². The normalized spacial score (nSPS) is 13.4. The van der Waals surface area contributed by atoms with Gasteiger partial charge in [0.05, 0.1) is 23.2 Å². The molecule has 2 aromatic rings. The summed E-state index contributed by atoms with van der Waals surface area (Å²) in [6.45, 7) is 5.01. The zero-order valence-corrected chi connectivity index (χ0v) is 19.8. The molecule has 33 heavy (non-hydrogen) atoms. The number of alkyl halides is 3. The fourth-order valence-corrected chi connectivity index (χ4v) is 3.76. The molecule has 7 nitrogen and oxygen atoms in total. The van der Waals surface area contributed by atoms with Crippen molar-refractivity contribution in [3.63, 3.8) is 0 Å². The van der Waals surface area contributed by atoms with Crippen molar-refractivity contribution in [3.8, 4) is 5.75 Å². The van der Waals surface area contributed by atoms with Crippen molar-refractivity contribution >= 4 is 27.8 Å². The number of rotatable bonds is 6. The Kier molecular flexibility index (Phi) is 7.93. The number of aliphatic hydroxyl groups excluding tert-OH is 1. The number of hydrogen-bond donors (Lipinski definition) is 1. The van der Waals surface area contributed by atoms with Gasteiger partial charge in [0.15, 0.2) is 0 Å². The molecule has 12 heteroatoms. The second kappa shape index (κ2) is 9.78. The topological polar surface area (TPSA) is 93.1 Å². The van der Waals surface area contributed by atoms with Crippen LogP contribution in [0.4, 0.5) is 18.0 Å². The molecule has 2 rings (SSSR count). The molecule has 1 amide bonds. The zero-order valence-electron chi connectivity index (χ0n) is 18.2. The van der Waals surface area contributed by atoms with Gasteiger partial charge in [-0.15, -0.1) is 0 Å². The highest BCUT2D eigenvalue weighted by Gasteiger charge is 2.35. The molecule has 0 radical (unpaired) electrons. The lowest BCUT2D eigenvalue weighted by Gasteiger charge is -2.26. The van der Waals surface area contributed by atoms with E-state index in [9.17, 15) is 31.5 Å². The highest BCUT2D eigenvalue weighted by atomic mass is 35.5. The van der Waals surface area contributed by atoms with Crippen LogP contribution in [0, 0.1) is 0 Å². The lowest BCUT2D eigenvalue weighted by atomic mass is 10.1. The molecule has 0 heterocycles. The van der Waals surface area contributed by atoms with Crippen LogP contribution in [0.1, 0.15) is 38.0 Å². The Morgan fingerprint density at radius 1 is 1.12 bits per heavy atom. The van der Waals surface area contributed by atoms with Gasteiger partial charge in [-0.1, -0.05) is 23.7 Å². The number of benzene rings is 2. The van der Waals surface area contributed by atoms with E-state index in [4.69, 9.17) is 20.5 Å². The first-order chi connectivity index (χ1) is 15.0. The van der Waals surface area contributed by atoms with Gasteiger partial charge in [0, 0.05) is 7.05 Å². The standard InChI is InChI=1S/C21H23ClF3NO6S/c1-20(2,3)31-19(28)26(4)12-18(27)13-5-7-14(8-6-13)32-33(29,30)15-9-10-17(22)16(11-15)21(23,24)25/h5-11,18,27H,12H2,1-4H3. The average molecular weight is 510 g/mol. The molecule has 0 bridgehead atoms. The summed E-state index contributed by atoms with van der Waals surface area (Å²) in [7, 11) is -3.14. The summed E-state index contributed by atoms with van der Waals surface area (Å²) in [4.78, 5) is 12.5. The molecule has 1 atom stereocenters. The molecule has 0 aliphatic rings. The smallest absolute Gasteiger partial charge is 0.417 e. The first kappa shape index (κ1) is 26.7. The molecule has 0 spiro atoms. The SMILES string of the molecule is CN(CC(O)c1ccc(OS(=O)(=O)c2ccc(Cl)c(C(F)(F)F)c2)cc1)C(=O)OC(C)(C)C. The fraction of sp³-hybridized carbons (Fsp3) is 0.381. The number of nitrogens with zero attached hydrogens (tertiary/aromatic N) is 1. The number of amides is 1. The predicted molar refractivity (Wildman–Crippen MR) is 115 cm³/mol. The van der Waals surface area contributed by atoms with Crippen LogP contribution in [-0.4, -0.2) is 43.7 Å². The van der Waals surface area contributed by atoms with Crippen LogP contribution in [0.25, 0.3) is 0 Å². The predicted octanol–water partition coefficient (Wildman–Crippen LogP) is 5.03. The summed E-state index contributed by atoms with van der Waals surface area (Å²) >= 11 is 5.51. The van der Waals surface area contributed by atoms with Crippen LogP contribution < -0.4 is 4.18 Å². The maximum absolute atomic E-state index is 13.0. The number of hydrogen-bond acceptors (Lipinski definition) is 6. The summed E-state index contributed by atoms with van der Waals surface area (Å²) in [5.41, 5.74) is -1.66. The van der Waals surface area contributed by atoms with Crippen LogP contribution >= 0.6 is 11.6 Å². The van der Waals surface area contributed by atoms with Gasteiger partial charge in [0.2, 0.25) is 0 Å². The van der Waals surface area contributed by atoms with Crippen molar-refractivity contribution in [2.24, 2.45) is 0 Å². The summed E-state index contributed by atoms with van der Waals surface area (Å²) in [5.74, 6) is -0.185.